The molecular weight excluding hydrogens is 552 g/mol. The number of hydrogen-bond acceptors (Lipinski definition) is 8. The van der Waals surface area contributed by atoms with E-state index in [2.05, 4.69) is 15.4 Å². The highest BCUT2D eigenvalue weighted by molar-refractivity contribution is 7.89. The average molecular weight is 587 g/mol. The van der Waals surface area contributed by atoms with Gasteiger partial charge >= 0.3 is 5.97 Å². The van der Waals surface area contributed by atoms with E-state index in [0.717, 1.165) is 39.1 Å². The number of esters is 1. The number of pyridine rings is 1. The third kappa shape index (κ3) is 6.11. The van der Waals surface area contributed by atoms with Gasteiger partial charge in [-0.1, -0.05) is 44.2 Å². The zero-order valence-electron chi connectivity index (χ0n) is 24.4. The van der Waals surface area contributed by atoms with Crippen LogP contribution in [0.25, 0.3) is 22.4 Å². The van der Waals surface area contributed by atoms with Gasteiger partial charge in [-0.05, 0) is 84.0 Å². The molecule has 0 atom stereocenters. The van der Waals surface area contributed by atoms with Crippen LogP contribution < -0.4 is 0 Å². The van der Waals surface area contributed by atoms with Gasteiger partial charge in [-0.3, -0.25) is 4.98 Å². The number of tetrazole rings is 1. The quantitative estimate of drug-likeness (QED) is 0.211. The van der Waals surface area contributed by atoms with Gasteiger partial charge in [0.05, 0.1) is 23.4 Å². The van der Waals surface area contributed by atoms with Gasteiger partial charge < -0.3 is 4.74 Å². The van der Waals surface area contributed by atoms with Crippen LogP contribution in [-0.4, -0.2) is 50.2 Å². The number of nitrogens with zero attached hydrogens (tertiary/aromatic N) is 6. The van der Waals surface area contributed by atoms with E-state index < -0.39 is 16.0 Å². The molecule has 0 amide bonds. The molecular formula is C31H34N6O4S. The fraction of sp³-hybridized carbons (Fsp3) is 0.323. The number of benzene rings is 2. The lowest BCUT2D eigenvalue weighted by molar-refractivity contribution is -0.144. The molecule has 42 heavy (non-hydrogen) atoms. The summed E-state index contributed by atoms with van der Waals surface area (Å²) in [5.74, 6) is 0.0122. The number of aryl methyl sites for hydroxylation is 2. The number of ether oxygens (including phenoxy) is 1. The second kappa shape index (κ2) is 11.8. The van der Waals surface area contributed by atoms with E-state index in [1.165, 1.54) is 8.77 Å². The molecule has 5 aromatic rings. The second-order valence-corrected chi connectivity index (χ2v) is 12.5. The molecule has 0 N–H and O–H groups in total. The Morgan fingerprint density at radius 1 is 1.02 bits per heavy atom. The van der Waals surface area contributed by atoms with Gasteiger partial charge in [0.15, 0.2) is 6.54 Å². The Morgan fingerprint density at radius 3 is 2.40 bits per heavy atom. The van der Waals surface area contributed by atoms with Gasteiger partial charge in [0, 0.05) is 23.9 Å². The Kier molecular flexibility index (Phi) is 8.22. The van der Waals surface area contributed by atoms with Crippen molar-refractivity contribution in [1.29, 1.82) is 0 Å². The van der Waals surface area contributed by atoms with E-state index in [9.17, 15) is 13.2 Å². The molecule has 0 saturated heterocycles. The van der Waals surface area contributed by atoms with Gasteiger partial charge in [-0.15, -0.1) is 10.2 Å². The van der Waals surface area contributed by atoms with Crippen molar-refractivity contribution in [3.8, 4) is 11.4 Å². The molecule has 0 fully saturated rings. The Balaban J connectivity index is 1.44. The molecule has 0 aliphatic heterocycles. The largest absolute Gasteiger partial charge is 0.465 e. The van der Waals surface area contributed by atoms with Crippen molar-refractivity contribution in [3.63, 3.8) is 0 Å². The van der Waals surface area contributed by atoms with Gasteiger partial charge in [-0.25, -0.2) is 17.2 Å². The SMILES string of the molecule is CCOC(=O)Cn1nnc(-c2cc(C)c(Cc3ccc4c(n3)c(C(C)C)cn4S(=O)(=O)Cc3ccccc3)c(C)c2)n1. The van der Waals surface area contributed by atoms with Gasteiger partial charge in [0.1, 0.15) is 0 Å². The molecule has 0 unspecified atom stereocenters. The lowest BCUT2D eigenvalue weighted by Gasteiger charge is -2.12. The standard InChI is InChI=1S/C31H34N6O4S/c1-6-41-29(38)18-37-34-31(33-35-37)24-14-21(4)26(22(5)15-24)16-25-12-13-28-30(32-25)27(20(2)3)17-36(28)42(39,40)19-23-10-8-7-9-11-23/h7-15,17,20H,6,16,18-19H2,1-5H3. The first-order valence-electron chi connectivity index (χ1n) is 13.9. The summed E-state index contributed by atoms with van der Waals surface area (Å²) in [4.78, 5) is 18.0. The monoisotopic (exact) mass is 586 g/mol. The third-order valence-corrected chi connectivity index (χ3v) is 8.75. The molecule has 3 heterocycles. The van der Waals surface area contributed by atoms with Crippen LogP contribution in [0, 0.1) is 13.8 Å². The predicted molar refractivity (Wildman–Crippen MR) is 160 cm³/mol. The van der Waals surface area contributed by atoms with E-state index in [-0.39, 0.29) is 18.2 Å². The van der Waals surface area contributed by atoms with Crippen molar-refractivity contribution in [2.24, 2.45) is 0 Å². The summed E-state index contributed by atoms with van der Waals surface area (Å²) in [6, 6.07) is 17.0. The highest BCUT2D eigenvalue weighted by Gasteiger charge is 2.22. The van der Waals surface area contributed by atoms with E-state index in [1.807, 2.05) is 82.3 Å². The van der Waals surface area contributed by atoms with E-state index in [4.69, 9.17) is 9.72 Å². The molecule has 0 aliphatic carbocycles. The lowest BCUT2D eigenvalue weighted by atomic mass is 9.95. The van der Waals surface area contributed by atoms with Crippen molar-refractivity contribution < 1.29 is 17.9 Å². The Bertz CT molecular complexity index is 1840. The maximum Gasteiger partial charge on any atom is 0.329 e. The number of carbonyl (C=O) groups excluding carboxylic acids is 1. The number of carbonyl (C=O) groups is 1. The van der Waals surface area contributed by atoms with E-state index >= 15 is 0 Å². The number of fused-ring (bicyclic) bond motifs is 1. The normalized spacial score (nSPS) is 11.9. The zero-order valence-corrected chi connectivity index (χ0v) is 25.2. The maximum atomic E-state index is 13.4. The molecule has 5 rings (SSSR count). The first-order valence-corrected chi connectivity index (χ1v) is 15.5. The van der Waals surface area contributed by atoms with Crippen LogP contribution in [0.15, 0.2) is 60.8 Å². The highest BCUT2D eigenvalue weighted by Crippen LogP contribution is 2.30. The molecule has 0 radical (unpaired) electrons. The second-order valence-electron chi connectivity index (χ2n) is 10.7. The summed E-state index contributed by atoms with van der Waals surface area (Å²) in [5.41, 5.74) is 7.77. The van der Waals surface area contributed by atoms with Crippen LogP contribution in [0.5, 0.6) is 0 Å². The third-order valence-electron chi connectivity index (χ3n) is 7.15. The summed E-state index contributed by atoms with van der Waals surface area (Å²) in [6.07, 6.45) is 2.30. The number of hydrogen-bond donors (Lipinski definition) is 0. The topological polar surface area (TPSA) is 122 Å². The van der Waals surface area contributed by atoms with Crippen molar-refractivity contribution >= 4 is 27.0 Å². The van der Waals surface area contributed by atoms with Crippen LogP contribution in [0.3, 0.4) is 0 Å². The maximum absolute atomic E-state index is 13.4. The molecule has 0 spiro atoms. The summed E-state index contributed by atoms with van der Waals surface area (Å²) < 4.78 is 33.2. The first-order chi connectivity index (χ1) is 20.1. The minimum absolute atomic E-state index is 0.0902. The molecule has 3 aromatic heterocycles. The minimum atomic E-state index is -3.64. The van der Waals surface area contributed by atoms with Crippen LogP contribution in [0.2, 0.25) is 0 Å². The van der Waals surface area contributed by atoms with Crippen molar-refractivity contribution in [2.45, 2.75) is 59.3 Å². The Hall–Kier alpha value is -4.38. The Morgan fingerprint density at radius 2 is 1.74 bits per heavy atom. The van der Waals surface area contributed by atoms with E-state index in [1.54, 1.807) is 13.1 Å². The first kappa shape index (κ1) is 29.1. The van der Waals surface area contributed by atoms with Crippen molar-refractivity contribution in [3.05, 3.63) is 94.3 Å². The van der Waals surface area contributed by atoms with Gasteiger partial charge in [-0.2, -0.15) is 4.80 Å². The number of aromatic nitrogens is 6. The molecule has 10 nitrogen and oxygen atoms in total. The van der Waals surface area contributed by atoms with Crippen LogP contribution in [0.1, 0.15) is 60.2 Å². The molecule has 0 saturated carbocycles. The van der Waals surface area contributed by atoms with Crippen LogP contribution in [-0.2, 0) is 38.3 Å². The highest BCUT2D eigenvalue weighted by atomic mass is 32.2. The number of rotatable bonds is 10. The summed E-state index contributed by atoms with van der Waals surface area (Å²) in [5, 5.41) is 12.4. The van der Waals surface area contributed by atoms with Gasteiger partial charge in [0.25, 0.3) is 0 Å². The Labute approximate surface area is 245 Å². The molecule has 0 bridgehead atoms. The van der Waals surface area contributed by atoms with Crippen molar-refractivity contribution in [2.75, 3.05) is 6.61 Å². The summed E-state index contributed by atoms with van der Waals surface area (Å²) >= 11 is 0. The smallest absolute Gasteiger partial charge is 0.329 e. The molecule has 0 aliphatic rings. The lowest BCUT2D eigenvalue weighted by Crippen LogP contribution is -2.15. The van der Waals surface area contributed by atoms with Crippen molar-refractivity contribution in [1.82, 2.24) is 29.2 Å². The minimum Gasteiger partial charge on any atom is -0.465 e. The summed E-state index contributed by atoms with van der Waals surface area (Å²) in [6.45, 7) is 10.1. The fourth-order valence-electron chi connectivity index (χ4n) is 5.08. The molecule has 218 valence electrons. The molecule has 11 heteroatoms. The average Bonchev–Trinajstić information content (AvgIpc) is 3.56. The molecule has 2 aromatic carbocycles. The summed E-state index contributed by atoms with van der Waals surface area (Å²) in [7, 11) is -3.64. The van der Waals surface area contributed by atoms with Crippen LogP contribution in [0.4, 0.5) is 0 Å². The zero-order chi connectivity index (χ0) is 30.0. The fourth-order valence-corrected chi connectivity index (χ4v) is 6.55. The van der Waals surface area contributed by atoms with E-state index in [0.29, 0.717) is 29.9 Å². The van der Waals surface area contributed by atoms with Crippen LogP contribution >= 0.6 is 0 Å². The predicted octanol–water partition coefficient (Wildman–Crippen LogP) is 4.96. The van der Waals surface area contributed by atoms with Gasteiger partial charge in [0.2, 0.25) is 15.8 Å².